The zero-order valence-electron chi connectivity index (χ0n) is 14.5. The third kappa shape index (κ3) is 6.81. The summed E-state index contributed by atoms with van der Waals surface area (Å²) in [6.45, 7) is 4.05. The fraction of sp³-hybridized carbons (Fsp3) is 0.211. The highest BCUT2D eigenvalue weighted by Gasteiger charge is 1.99. The van der Waals surface area contributed by atoms with Crippen LogP contribution >= 0.6 is 11.8 Å². The molecular weight excluding hydrogens is 330 g/mol. The van der Waals surface area contributed by atoms with Crippen molar-refractivity contribution in [3.63, 3.8) is 0 Å². The van der Waals surface area contributed by atoms with E-state index in [1.54, 1.807) is 24.2 Å². The van der Waals surface area contributed by atoms with Gasteiger partial charge in [-0.25, -0.2) is 4.98 Å². The highest BCUT2D eigenvalue weighted by Crippen LogP contribution is 2.27. The predicted octanol–water partition coefficient (Wildman–Crippen LogP) is 4.58. The van der Waals surface area contributed by atoms with Crippen molar-refractivity contribution in [3.05, 3.63) is 71.7 Å². The van der Waals surface area contributed by atoms with Crippen molar-refractivity contribution in [2.24, 2.45) is 0 Å². The summed E-state index contributed by atoms with van der Waals surface area (Å²) in [6, 6.07) is 5.91. The molecule has 2 rings (SSSR count). The minimum atomic E-state index is 0.291. The first kappa shape index (κ1) is 18.7. The number of nitrogens with two attached hydrogens (primary N) is 1. The molecule has 0 saturated carbocycles. The van der Waals surface area contributed by atoms with Crippen LogP contribution in [0.4, 0.5) is 11.8 Å². The average Bonchev–Trinajstić information content (AvgIpc) is 2.62. The number of rotatable bonds is 8. The van der Waals surface area contributed by atoms with Crippen molar-refractivity contribution in [2.75, 3.05) is 11.1 Å². The van der Waals surface area contributed by atoms with E-state index in [2.05, 4.69) is 32.4 Å². The summed E-state index contributed by atoms with van der Waals surface area (Å²) in [6.07, 6.45) is 15.5. The summed E-state index contributed by atoms with van der Waals surface area (Å²) in [4.78, 5) is 14.7. The van der Waals surface area contributed by atoms with E-state index in [-0.39, 0.29) is 0 Å². The Labute approximate surface area is 153 Å². The third-order valence-corrected chi connectivity index (χ3v) is 4.23. The Morgan fingerprint density at radius 3 is 2.80 bits per heavy atom. The number of nitrogen functional groups attached to an aromatic ring is 1. The SMILES string of the molecule is C/C=C\C(=CC/C=C/Nc1cc(CC)nc(N)n1)Sc1ccncc1. The Morgan fingerprint density at radius 1 is 1.28 bits per heavy atom. The second kappa shape index (κ2) is 10.3. The van der Waals surface area contributed by atoms with Crippen molar-refractivity contribution >= 4 is 23.5 Å². The van der Waals surface area contributed by atoms with E-state index in [1.807, 2.05) is 50.4 Å². The number of hydrogen-bond donors (Lipinski definition) is 2. The highest BCUT2D eigenvalue weighted by atomic mass is 32.2. The van der Waals surface area contributed by atoms with Crippen LogP contribution < -0.4 is 11.1 Å². The van der Waals surface area contributed by atoms with E-state index in [4.69, 9.17) is 5.73 Å². The Balaban J connectivity index is 1.92. The monoisotopic (exact) mass is 353 g/mol. The molecule has 130 valence electrons. The van der Waals surface area contributed by atoms with Crippen molar-refractivity contribution in [1.29, 1.82) is 0 Å². The zero-order valence-corrected chi connectivity index (χ0v) is 15.3. The highest BCUT2D eigenvalue weighted by molar-refractivity contribution is 8.03. The molecule has 0 atom stereocenters. The number of aryl methyl sites for hydroxylation is 1. The Morgan fingerprint density at radius 2 is 2.08 bits per heavy atom. The molecule has 25 heavy (non-hydrogen) atoms. The summed E-state index contributed by atoms with van der Waals surface area (Å²) < 4.78 is 0. The second-order valence-corrected chi connectivity index (χ2v) is 6.28. The van der Waals surface area contributed by atoms with E-state index in [0.717, 1.165) is 18.5 Å². The molecule has 2 aromatic heterocycles. The maximum atomic E-state index is 5.70. The van der Waals surface area contributed by atoms with Gasteiger partial charge >= 0.3 is 0 Å². The minimum absolute atomic E-state index is 0.291. The van der Waals surface area contributed by atoms with Crippen LogP contribution in [0, 0.1) is 0 Å². The van der Waals surface area contributed by atoms with E-state index in [0.29, 0.717) is 11.8 Å². The van der Waals surface area contributed by atoms with Gasteiger partial charge in [0.2, 0.25) is 5.95 Å². The summed E-state index contributed by atoms with van der Waals surface area (Å²) >= 11 is 1.72. The molecule has 0 saturated heterocycles. The van der Waals surface area contributed by atoms with Gasteiger partial charge in [-0.3, -0.25) is 4.98 Å². The number of aromatic nitrogens is 3. The van der Waals surface area contributed by atoms with Gasteiger partial charge in [-0.2, -0.15) is 4.98 Å². The number of thioether (sulfide) groups is 1. The molecule has 2 aromatic rings. The van der Waals surface area contributed by atoms with Crippen LogP contribution in [0.5, 0.6) is 0 Å². The first-order valence-corrected chi connectivity index (χ1v) is 8.98. The molecule has 0 radical (unpaired) electrons. The van der Waals surface area contributed by atoms with Gasteiger partial charge in [-0.1, -0.05) is 43.0 Å². The quantitative estimate of drug-likeness (QED) is 0.534. The fourth-order valence-corrected chi connectivity index (χ4v) is 2.93. The molecule has 0 unspecified atom stereocenters. The molecule has 2 heterocycles. The molecule has 3 N–H and O–H groups in total. The van der Waals surface area contributed by atoms with Gasteiger partial charge in [0.1, 0.15) is 5.82 Å². The first-order valence-electron chi connectivity index (χ1n) is 8.17. The zero-order chi connectivity index (χ0) is 17.9. The van der Waals surface area contributed by atoms with E-state index in [1.165, 1.54) is 9.80 Å². The second-order valence-electron chi connectivity index (χ2n) is 5.13. The molecule has 0 spiro atoms. The number of pyridine rings is 1. The number of allylic oxidation sites excluding steroid dienone is 4. The summed E-state index contributed by atoms with van der Waals surface area (Å²) in [5.74, 6) is 1.00. The Bertz CT molecular complexity index is 754. The van der Waals surface area contributed by atoms with E-state index in [9.17, 15) is 0 Å². The normalized spacial score (nSPS) is 12.2. The van der Waals surface area contributed by atoms with Gasteiger partial charge in [-0.05, 0) is 38.1 Å². The van der Waals surface area contributed by atoms with Crippen LogP contribution in [0.25, 0.3) is 0 Å². The molecule has 0 amide bonds. The van der Waals surface area contributed by atoms with Crippen molar-refractivity contribution in [1.82, 2.24) is 15.0 Å². The number of nitrogens with one attached hydrogen (secondary N) is 1. The third-order valence-electron chi connectivity index (χ3n) is 3.18. The largest absolute Gasteiger partial charge is 0.368 e. The molecule has 0 bridgehead atoms. The molecular formula is C19H23N5S. The van der Waals surface area contributed by atoms with Crippen molar-refractivity contribution in [2.45, 2.75) is 31.6 Å². The standard InChI is InChI=1S/C19H23N5S/c1-3-7-16(25-17-9-12-21-13-10-17)8-5-6-11-22-18-14-15(4-2)23-19(20)24-18/h3,6-14H,4-5H2,1-2H3,(H3,20,22,23,24)/b7-3-,11-6+,16-8?. The van der Waals surface area contributed by atoms with Gasteiger partial charge < -0.3 is 11.1 Å². The van der Waals surface area contributed by atoms with Crippen LogP contribution in [0.3, 0.4) is 0 Å². The Kier molecular flexibility index (Phi) is 7.72. The smallest absolute Gasteiger partial charge is 0.222 e. The lowest BCUT2D eigenvalue weighted by molar-refractivity contribution is 1.01. The lowest BCUT2D eigenvalue weighted by Gasteiger charge is -2.03. The number of nitrogens with zero attached hydrogens (tertiary/aromatic N) is 3. The van der Waals surface area contributed by atoms with Crippen LogP contribution in [-0.2, 0) is 6.42 Å². The van der Waals surface area contributed by atoms with Crippen LogP contribution in [0.15, 0.2) is 70.9 Å². The summed E-state index contributed by atoms with van der Waals surface area (Å²) in [5.41, 5.74) is 6.62. The van der Waals surface area contributed by atoms with E-state index < -0.39 is 0 Å². The van der Waals surface area contributed by atoms with Gasteiger partial charge in [0.05, 0.1) is 0 Å². The van der Waals surface area contributed by atoms with Crippen molar-refractivity contribution in [3.8, 4) is 0 Å². The van der Waals surface area contributed by atoms with Crippen LogP contribution in [0.2, 0.25) is 0 Å². The van der Waals surface area contributed by atoms with Gasteiger partial charge in [0, 0.05) is 34.0 Å². The predicted molar refractivity (Wildman–Crippen MR) is 106 cm³/mol. The lowest BCUT2D eigenvalue weighted by Crippen LogP contribution is -2.02. The number of anilines is 2. The molecule has 5 nitrogen and oxygen atoms in total. The minimum Gasteiger partial charge on any atom is -0.368 e. The summed E-state index contributed by atoms with van der Waals surface area (Å²) in [5, 5.41) is 3.14. The summed E-state index contributed by atoms with van der Waals surface area (Å²) in [7, 11) is 0. The maximum absolute atomic E-state index is 5.70. The topological polar surface area (TPSA) is 76.7 Å². The molecule has 6 heteroatoms. The molecule has 0 aliphatic carbocycles. The van der Waals surface area contributed by atoms with Gasteiger partial charge in [-0.15, -0.1) is 0 Å². The fourth-order valence-electron chi connectivity index (χ4n) is 2.02. The van der Waals surface area contributed by atoms with Crippen molar-refractivity contribution < 1.29 is 0 Å². The molecule has 0 aliphatic heterocycles. The lowest BCUT2D eigenvalue weighted by atomic mass is 10.3. The van der Waals surface area contributed by atoms with Gasteiger partial charge in [0.15, 0.2) is 0 Å². The molecule has 0 aromatic carbocycles. The van der Waals surface area contributed by atoms with Crippen LogP contribution in [0.1, 0.15) is 26.0 Å². The number of hydrogen-bond acceptors (Lipinski definition) is 6. The maximum Gasteiger partial charge on any atom is 0.222 e. The van der Waals surface area contributed by atoms with Gasteiger partial charge in [0.25, 0.3) is 0 Å². The first-order chi connectivity index (χ1) is 12.2. The Hall–Kier alpha value is -2.60. The molecule has 0 aliphatic rings. The average molecular weight is 353 g/mol. The van der Waals surface area contributed by atoms with Crippen LogP contribution in [-0.4, -0.2) is 15.0 Å². The molecule has 0 fully saturated rings. The van der Waals surface area contributed by atoms with E-state index >= 15 is 0 Å².